The summed E-state index contributed by atoms with van der Waals surface area (Å²) < 4.78 is 89.7. The van der Waals surface area contributed by atoms with Gasteiger partial charge in [-0.05, 0) is 30.5 Å². The van der Waals surface area contributed by atoms with Gasteiger partial charge in [0.1, 0.15) is 11.0 Å². The van der Waals surface area contributed by atoms with Gasteiger partial charge < -0.3 is 10.1 Å². The van der Waals surface area contributed by atoms with Gasteiger partial charge in [-0.25, -0.2) is 30.8 Å². The van der Waals surface area contributed by atoms with E-state index in [1.807, 2.05) is 0 Å². The van der Waals surface area contributed by atoms with Gasteiger partial charge in [0.15, 0.2) is 5.82 Å². The third-order valence-electron chi connectivity index (χ3n) is 6.39. The summed E-state index contributed by atoms with van der Waals surface area (Å²) in [4.78, 5) is 4.19. The summed E-state index contributed by atoms with van der Waals surface area (Å²) in [5.74, 6) is -4.38. The van der Waals surface area contributed by atoms with Crippen LogP contribution < -0.4 is 10.1 Å². The van der Waals surface area contributed by atoms with Crippen LogP contribution in [0.3, 0.4) is 0 Å². The summed E-state index contributed by atoms with van der Waals surface area (Å²) in [6.45, 7) is -1.31. The summed E-state index contributed by atoms with van der Waals surface area (Å²) >= 11 is 0. The molecule has 0 aliphatic carbocycles. The van der Waals surface area contributed by atoms with Crippen molar-refractivity contribution in [2.24, 2.45) is 0 Å². The molecule has 1 N–H and O–H groups in total. The molecule has 5 rings (SSSR count). The number of ether oxygens (including phenoxy) is 1. The Morgan fingerprint density at radius 1 is 1.29 bits per heavy atom. The van der Waals surface area contributed by atoms with Crippen molar-refractivity contribution >= 4 is 32.5 Å². The average molecular weight is 557 g/mol. The quantitative estimate of drug-likeness (QED) is 0.329. The molecule has 0 unspecified atom stereocenters. The highest BCUT2D eigenvalue weighted by molar-refractivity contribution is 7.88. The maximum Gasteiger partial charge on any atom is 0.281 e. The highest BCUT2D eigenvalue weighted by atomic mass is 32.2. The SMILES string of the molecule is COc1nc(N[C@@H]2CCN(S(C)(=O)=O)CC2(F)F)nn2cc(F)c(-c3ccc4nnn(CCCF)c4c3)c12. The van der Waals surface area contributed by atoms with Crippen LogP contribution in [0.5, 0.6) is 5.88 Å². The van der Waals surface area contributed by atoms with Crippen molar-refractivity contribution in [1.29, 1.82) is 0 Å². The average Bonchev–Trinajstić information content (AvgIpc) is 3.41. The Morgan fingerprint density at radius 2 is 2.08 bits per heavy atom. The van der Waals surface area contributed by atoms with Crippen LogP contribution >= 0.6 is 0 Å². The van der Waals surface area contributed by atoms with Gasteiger partial charge in [-0.3, -0.25) is 4.39 Å². The van der Waals surface area contributed by atoms with Crippen LogP contribution in [0.25, 0.3) is 27.7 Å². The molecule has 1 fully saturated rings. The molecule has 0 radical (unpaired) electrons. The Kier molecular flexibility index (Phi) is 6.63. The van der Waals surface area contributed by atoms with E-state index in [4.69, 9.17) is 4.74 Å². The summed E-state index contributed by atoms with van der Waals surface area (Å²) in [6, 6.07) is 3.49. The van der Waals surface area contributed by atoms with Crippen LogP contribution in [-0.4, -0.2) is 87.4 Å². The normalized spacial score (nSPS) is 18.3. The van der Waals surface area contributed by atoms with Gasteiger partial charge in [0.05, 0.1) is 49.9 Å². The van der Waals surface area contributed by atoms with Crippen LogP contribution in [0, 0.1) is 5.82 Å². The Balaban J connectivity index is 1.51. The molecule has 16 heteroatoms. The molecule has 0 spiro atoms. The molecular formula is C22H24F4N8O3S. The molecule has 0 amide bonds. The van der Waals surface area contributed by atoms with Crippen molar-refractivity contribution in [2.45, 2.75) is 31.4 Å². The van der Waals surface area contributed by atoms with Crippen molar-refractivity contribution in [1.82, 2.24) is 33.9 Å². The minimum absolute atomic E-state index is 0.0672. The van der Waals surface area contributed by atoms with E-state index in [0.717, 1.165) is 21.3 Å². The predicted molar refractivity (Wildman–Crippen MR) is 130 cm³/mol. The highest BCUT2D eigenvalue weighted by Crippen LogP contribution is 2.36. The fourth-order valence-electron chi connectivity index (χ4n) is 4.52. The van der Waals surface area contributed by atoms with E-state index in [1.54, 1.807) is 18.2 Å². The molecule has 3 aromatic heterocycles. The first-order valence-corrected chi connectivity index (χ1v) is 13.5. The minimum Gasteiger partial charge on any atom is -0.479 e. The Hall–Kier alpha value is -3.53. The predicted octanol–water partition coefficient (Wildman–Crippen LogP) is 2.73. The van der Waals surface area contributed by atoms with Crippen molar-refractivity contribution < 1.29 is 30.7 Å². The maximum absolute atomic E-state index is 15.3. The lowest BCUT2D eigenvalue weighted by Gasteiger charge is -2.37. The molecular weight excluding hydrogens is 532 g/mol. The molecule has 0 saturated carbocycles. The maximum atomic E-state index is 15.3. The molecule has 11 nitrogen and oxygen atoms in total. The standard InChI is InChI=1S/C22H24F4N8O3S/c1-37-20-19-18(13-4-5-15-16(10-13)33(31-29-15)8-3-7-23)14(24)11-34(19)30-21(28-20)27-17-6-9-32(38(2,35)36)12-22(17,25)26/h4-5,10-11,17H,3,6-9,12H2,1-2H3,(H,27,30)/t17-/m1/s1. The molecule has 4 heterocycles. The molecule has 1 saturated heterocycles. The molecule has 4 aromatic rings. The van der Waals surface area contributed by atoms with Gasteiger partial charge in [0.2, 0.25) is 21.9 Å². The number of hydrogen-bond donors (Lipinski definition) is 1. The lowest BCUT2D eigenvalue weighted by molar-refractivity contribution is -0.0541. The zero-order chi connectivity index (χ0) is 27.2. The molecule has 1 aliphatic rings. The zero-order valence-electron chi connectivity index (χ0n) is 20.4. The number of anilines is 1. The molecule has 204 valence electrons. The third-order valence-corrected chi connectivity index (χ3v) is 7.64. The molecule has 1 atom stereocenters. The van der Waals surface area contributed by atoms with E-state index < -0.39 is 41.0 Å². The summed E-state index contributed by atoms with van der Waals surface area (Å²) in [5.41, 5.74) is 1.84. The summed E-state index contributed by atoms with van der Waals surface area (Å²) in [6.07, 6.45) is 2.01. The van der Waals surface area contributed by atoms with Crippen LogP contribution in [0.1, 0.15) is 12.8 Å². The molecule has 1 aliphatic heterocycles. The Morgan fingerprint density at radius 3 is 2.76 bits per heavy atom. The number of halogens is 4. The second-order valence-electron chi connectivity index (χ2n) is 8.99. The smallest absolute Gasteiger partial charge is 0.281 e. The van der Waals surface area contributed by atoms with Gasteiger partial charge in [-0.1, -0.05) is 11.3 Å². The fourth-order valence-corrected chi connectivity index (χ4v) is 5.36. The van der Waals surface area contributed by atoms with E-state index >= 15 is 4.39 Å². The number of methoxy groups -OCH3 is 1. The number of sulfonamides is 1. The fraction of sp³-hybridized carbons (Fsp3) is 0.455. The Labute approximate surface area is 214 Å². The topological polar surface area (TPSA) is 120 Å². The van der Waals surface area contributed by atoms with Gasteiger partial charge in [0, 0.05) is 13.1 Å². The summed E-state index contributed by atoms with van der Waals surface area (Å²) in [7, 11) is -2.47. The number of nitrogens with one attached hydrogen (secondary N) is 1. The van der Waals surface area contributed by atoms with E-state index in [0.29, 0.717) is 23.1 Å². The van der Waals surface area contributed by atoms with Crippen molar-refractivity contribution in [3.63, 3.8) is 0 Å². The van der Waals surface area contributed by atoms with E-state index in [-0.39, 0.29) is 42.3 Å². The number of rotatable bonds is 8. The number of benzene rings is 1. The molecule has 1 aromatic carbocycles. The largest absolute Gasteiger partial charge is 0.479 e. The monoisotopic (exact) mass is 556 g/mol. The van der Waals surface area contributed by atoms with Crippen molar-refractivity contribution in [3.8, 4) is 17.0 Å². The first-order chi connectivity index (χ1) is 18.0. The number of aryl methyl sites for hydroxylation is 1. The second kappa shape index (κ2) is 9.65. The first-order valence-electron chi connectivity index (χ1n) is 11.6. The van der Waals surface area contributed by atoms with E-state index in [9.17, 15) is 21.6 Å². The van der Waals surface area contributed by atoms with Crippen LogP contribution in [0.15, 0.2) is 24.4 Å². The lowest BCUT2D eigenvalue weighted by Crippen LogP contribution is -2.55. The van der Waals surface area contributed by atoms with E-state index in [2.05, 4.69) is 25.7 Å². The van der Waals surface area contributed by atoms with Gasteiger partial charge >= 0.3 is 0 Å². The molecule has 38 heavy (non-hydrogen) atoms. The van der Waals surface area contributed by atoms with Gasteiger partial charge in [0.25, 0.3) is 5.92 Å². The Bertz CT molecular complexity index is 1610. The van der Waals surface area contributed by atoms with Crippen molar-refractivity contribution in [2.75, 3.05) is 38.4 Å². The number of nitrogens with zero attached hydrogens (tertiary/aromatic N) is 7. The second-order valence-corrected chi connectivity index (χ2v) is 11.0. The van der Waals surface area contributed by atoms with E-state index in [1.165, 1.54) is 11.8 Å². The molecule has 0 bridgehead atoms. The first kappa shape index (κ1) is 26.1. The van der Waals surface area contributed by atoms with Gasteiger partial charge in [-0.15, -0.1) is 10.2 Å². The van der Waals surface area contributed by atoms with Crippen LogP contribution in [0.4, 0.5) is 23.5 Å². The lowest BCUT2D eigenvalue weighted by atomic mass is 10.0. The minimum atomic E-state index is -3.78. The number of piperidine rings is 1. The van der Waals surface area contributed by atoms with Gasteiger partial charge in [-0.2, -0.15) is 9.29 Å². The third kappa shape index (κ3) is 4.73. The number of fused-ring (bicyclic) bond motifs is 2. The number of hydrogen-bond acceptors (Lipinski definition) is 8. The number of alkyl halides is 3. The van der Waals surface area contributed by atoms with Crippen molar-refractivity contribution in [3.05, 3.63) is 30.2 Å². The van der Waals surface area contributed by atoms with Crippen LogP contribution in [0.2, 0.25) is 0 Å². The zero-order valence-corrected chi connectivity index (χ0v) is 21.2. The summed E-state index contributed by atoms with van der Waals surface area (Å²) in [5, 5.41) is 14.8. The number of aromatic nitrogens is 6. The highest BCUT2D eigenvalue weighted by Gasteiger charge is 2.47. The van der Waals surface area contributed by atoms with Crippen LogP contribution in [-0.2, 0) is 16.6 Å².